The Hall–Kier alpha value is -2.80. The van der Waals surface area contributed by atoms with E-state index < -0.39 is 0 Å². The Morgan fingerprint density at radius 1 is 1.19 bits per heavy atom. The number of rotatable bonds is 7. The lowest BCUT2D eigenvalue weighted by Gasteiger charge is -2.10. The molecule has 2 N–H and O–H groups in total. The minimum absolute atomic E-state index is 0.106. The molecule has 1 amide bonds. The predicted octanol–water partition coefficient (Wildman–Crippen LogP) is 3.99. The van der Waals surface area contributed by atoms with Crippen molar-refractivity contribution in [3.05, 3.63) is 54.6 Å². The molecule has 1 unspecified atom stereocenters. The van der Waals surface area contributed by atoms with Gasteiger partial charge in [0.2, 0.25) is 11.1 Å². The van der Waals surface area contributed by atoms with Crippen molar-refractivity contribution in [3.63, 3.8) is 0 Å². The van der Waals surface area contributed by atoms with E-state index in [2.05, 4.69) is 20.5 Å². The van der Waals surface area contributed by atoms with Crippen molar-refractivity contribution in [3.8, 4) is 17.1 Å². The Bertz CT molecular complexity index is 849. The zero-order chi connectivity index (χ0) is 18.4. The number of anilines is 1. The van der Waals surface area contributed by atoms with Crippen LogP contribution in [0.3, 0.4) is 0 Å². The molecule has 3 rings (SSSR count). The largest absolute Gasteiger partial charge is 0.494 e. The number of benzene rings is 2. The molecule has 1 aromatic heterocycles. The van der Waals surface area contributed by atoms with E-state index in [0.29, 0.717) is 17.6 Å². The summed E-state index contributed by atoms with van der Waals surface area (Å²) in [4.78, 5) is 16.8. The first kappa shape index (κ1) is 18.0. The van der Waals surface area contributed by atoms with E-state index in [1.807, 2.05) is 68.4 Å². The van der Waals surface area contributed by atoms with Gasteiger partial charge in [0.1, 0.15) is 5.75 Å². The molecule has 26 heavy (non-hydrogen) atoms. The number of hydrogen-bond acceptors (Lipinski definition) is 5. The van der Waals surface area contributed by atoms with Crippen LogP contribution < -0.4 is 10.1 Å². The lowest BCUT2D eigenvalue weighted by atomic mass is 10.2. The highest BCUT2D eigenvalue weighted by Crippen LogP contribution is 2.24. The van der Waals surface area contributed by atoms with E-state index in [9.17, 15) is 4.79 Å². The maximum absolute atomic E-state index is 12.4. The molecule has 7 heteroatoms. The number of carbonyl (C=O) groups is 1. The second kappa shape index (κ2) is 8.53. The summed E-state index contributed by atoms with van der Waals surface area (Å²) in [5, 5.41) is 10.2. The number of nitrogens with zero attached hydrogens (tertiary/aromatic N) is 2. The molecule has 0 saturated heterocycles. The summed E-state index contributed by atoms with van der Waals surface area (Å²) < 4.78 is 5.39. The predicted molar refractivity (Wildman–Crippen MR) is 103 cm³/mol. The van der Waals surface area contributed by atoms with Crippen molar-refractivity contribution in [2.24, 2.45) is 0 Å². The zero-order valence-corrected chi connectivity index (χ0v) is 15.4. The topological polar surface area (TPSA) is 79.9 Å². The summed E-state index contributed by atoms with van der Waals surface area (Å²) in [5.74, 6) is 1.36. The molecular weight excluding hydrogens is 348 g/mol. The maximum atomic E-state index is 12.4. The van der Waals surface area contributed by atoms with Gasteiger partial charge in [-0.1, -0.05) is 42.1 Å². The number of aromatic nitrogens is 3. The van der Waals surface area contributed by atoms with E-state index >= 15 is 0 Å². The van der Waals surface area contributed by atoms with Crippen LogP contribution in [0.15, 0.2) is 59.8 Å². The molecule has 0 spiro atoms. The fraction of sp³-hybridized carbons (Fsp3) is 0.211. The van der Waals surface area contributed by atoms with Gasteiger partial charge in [-0.25, -0.2) is 4.98 Å². The van der Waals surface area contributed by atoms with Crippen molar-refractivity contribution in [2.45, 2.75) is 24.3 Å². The Morgan fingerprint density at radius 2 is 1.92 bits per heavy atom. The van der Waals surface area contributed by atoms with Crippen LogP contribution >= 0.6 is 11.8 Å². The fourth-order valence-electron chi connectivity index (χ4n) is 2.28. The van der Waals surface area contributed by atoms with E-state index in [-0.39, 0.29) is 11.2 Å². The van der Waals surface area contributed by atoms with Crippen LogP contribution in [-0.2, 0) is 4.79 Å². The van der Waals surface area contributed by atoms with Crippen LogP contribution in [0.4, 0.5) is 5.69 Å². The van der Waals surface area contributed by atoms with Gasteiger partial charge >= 0.3 is 0 Å². The molecule has 1 atom stereocenters. The van der Waals surface area contributed by atoms with Crippen molar-refractivity contribution < 1.29 is 9.53 Å². The third-order valence-corrected chi connectivity index (χ3v) is 4.56. The van der Waals surface area contributed by atoms with Crippen LogP contribution in [-0.4, -0.2) is 32.9 Å². The molecule has 134 valence electrons. The van der Waals surface area contributed by atoms with Gasteiger partial charge in [-0.15, -0.1) is 5.10 Å². The Labute approximate surface area is 156 Å². The molecular formula is C19H20N4O2S. The second-order valence-corrected chi connectivity index (χ2v) is 6.85. The summed E-state index contributed by atoms with van der Waals surface area (Å²) >= 11 is 1.31. The third kappa shape index (κ3) is 4.64. The number of hydrogen-bond donors (Lipinski definition) is 2. The zero-order valence-electron chi connectivity index (χ0n) is 14.6. The smallest absolute Gasteiger partial charge is 0.237 e. The average Bonchev–Trinajstić information content (AvgIpc) is 3.13. The van der Waals surface area contributed by atoms with Gasteiger partial charge in [0, 0.05) is 11.3 Å². The lowest BCUT2D eigenvalue weighted by molar-refractivity contribution is -0.115. The number of H-pyrrole nitrogens is 1. The second-order valence-electron chi connectivity index (χ2n) is 5.54. The highest BCUT2D eigenvalue weighted by Gasteiger charge is 2.17. The van der Waals surface area contributed by atoms with Crippen LogP contribution in [0.1, 0.15) is 13.8 Å². The Kier molecular flexibility index (Phi) is 5.91. The van der Waals surface area contributed by atoms with Gasteiger partial charge in [-0.2, -0.15) is 0 Å². The molecule has 6 nitrogen and oxygen atoms in total. The van der Waals surface area contributed by atoms with Crippen LogP contribution in [0, 0.1) is 0 Å². The van der Waals surface area contributed by atoms with E-state index in [0.717, 1.165) is 17.0 Å². The van der Waals surface area contributed by atoms with Gasteiger partial charge in [0.05, 0.1) is 11.9 Å². The minimum Gasteiger partial charge on any atom is -0.494 e. The number of amides is 1. The van der Waals surface area contributed by atoms with Gasteiger partial charge < -0.3 is 10.1 Å². The van der Waals surface area contributed by atoms with E-state index in [1.54, 1.807) is 0 Å². The molecule has 1 heterocycles. The molecule has 0 bridgehead atoms. The molecule has 0 saturated carbocycles. The molecule has 3 aromatic rings. The number of ether oxygens (including phenoxy) is 1. The number of aromatic amines is 1. The maximum Gasteiger partial charge on any atom is 0.237 e. The fourth-order valence-corrected chi connectivity index (χ4v) is 3.01. The van der Waals surface area contributed by atoms with Crippen LogP contribution in [0.5, 0.6) is 5.75 Å². The minimum atomic E-state index is -0.332. The van der Waals surface area contributed by atoms with Crippen LogP contribution in [0.2, 0.25) is 0 Å². The molecule has 0 aliphatic heterocycles. The average molecular weight is 368 g/mol. The first-order chi connectivity index (χ1) is 12.7. The van der Waals surface area contributed by atoms with Gasteiger partial charge in [-0.3, -0.25) is 9.89 Å². The van der Waals surface area contributed by atoms with Crippen molar-refractivity contribution in [2.75, 3.05) is 11.9 Å². The summed E-state index contributed by atoms with van der Waals surface area (Å²) in [5.41, 5.74) is 1.68. The SMILES string of the molecule is CCOc1ccc(NC(=O)C(C)Sc2n[nH]c(-c3ccccc3)n2)cc1. The quantitative estimate of drug-likeness (QED) is 0.617. The number of carbonyl (C=O) groups excluding carboxylic acids is 1. The molecule has 0 aliphatic rings. The molecule has 2 aromatic carbocycles. The highest BCUT2D eigenvalue weighted by molar-refractivity contribution is 8.00. The van der Waals surface area contributed by atoms with Crippen molar-refractivity contribution in [1.29, 1.82) is 0 Å². The lowest BCUT2D eigenvalue weighted by Crippen LogP contribution is -2.22. The molecule has 0 fully saturated rings. The summed E-state index contributed by atoms with van der Waals surface area (Å²) in [6, 6.07) is 17.0. The Balaban J connectivity index is 1.58. The summed E-state index contributed by atoms with van der Waals surface area (Å²) in [6.07, 6.45) is 0. The van der Waals surface area contributed by atoms with E-state index in [4.69, 9.17) is 4.74 Å². The van der Waals surface area contributed by atoms with E-state index in [1.165, 1.54) is 11.8 Å². The van der Waals surface area contributed by atoms with Gasteiger partial charge in [0.25, 0.3) is 0 Å². The summed E-state index contributed by atoms with van der Waals surface area (Å²) in [6.45, 7) is 4.37. The standard InChI is InChI=1S/C19H20N4O2S/c1-3-25-16-11-9-15(10-12-16)20-18(24)13(2)26-19-21-17(22-23-19)14-7-5-4-6-8-14/h4-13H,3H2,1-2H3,(H,20,24)(H,21,22,23). The first-order valence-electron chi connectivity index (χ1n) is 8.34. The van der Waals surface area contributed by atoms with Crippen molar-refractivity contribution >= 4 is 23.4 Å². The summed E-state index contributed by atoms with van der Waals surface area (Å²) in [7, 11) is 0. The van der Waals surface area contributed by atoms with Crippen LogP contribution in [0.25, 0.3) is 11.4 Å². The Morgan fingerprint density at radius 3 is 2.62 bits per heavy atom. The van der Waals surface area contributed by atoms with Gasteiger partial charge in [-0.05, 0) is 38.1 Å². The van der Waals surface area contributed by atoms with Crippen molar-refractivity contribution in [1.82, 2.24) is 15.2 Å². The normalized spacial score (nSPS) is 11.8. The third-order valence-electron chi connectivity index (χ3n) is 3.60. The first-order valence-corrected chi connectivity index (χ1v) is 9.22. The number of nitrogens with one attached hydrogen (secondary N) is 2. The molecule has 0 aliphatic carbocycles. The van der Waals surface area contributed by atoms with Gasteiger partial charge in [0.15, 0.2) is 5.82 Å². The number of thioether (sulfide) groups is 1. The highest BCUT2D eigenvalue weighted by atomic mass is 32.2. The monoisotopic (exact) mass is 368 g/mol. The molecule has 0 radical (unpaired) electrons.